The fourth-order valence-electron chi connectivity index (χ4n) is 4.23. The maximum Gasteiger partial charge on any atom is 0.407 e. The molecule has 2 N–H and O–H groups in total. The van der Waals surface area contributed by atoms with Gasteiger partial charge in [-0.15, -0.1) is 0 Å². The van der Waals surface area contributed by atoms with Crippen molar-refractivity contribution in [3.05, 3.63) is 65.7 Å². The van der Waals surface area contributed by atoms with Crippen LogP contribution in [0.15, 0.2) is 54.6 Å². The smallest absolute Gasteiger partial charge is 0.407 e. The van der Waals surface area contributed by atoms with Gasteiger partial charge in [-0.25, -0.2) is 14.4 Å². The molecule has 2 rings (SSSR count). The predicted molar refractivity (Wildman–Crippen MR) is 192 cm³/mol. The van der Waals surface area contributed by atoms with E-state index in [2.05, 4.69) is 10.6 Å². The van der Waals surface area contributed by atoms with E-state index in [1.54, 1.807) is 65.8 Å². The summed E-state index contributed by atoms with van der Waals surface area (Å²) in [6.07, 6.45) is -0.265. The lowest BCUT2D eigenvalue weighted by Crippen LogP contribution is -2.43. The zero-order valence-electron chi connectivity index (χ0n) is 31.4. The van der Waals surface area contributed by atoms with Gasteiger partial charge in [0, 0.05) is 19.4 Å². The molecule has 2 aromatic carbocycles. The number of rotatable bonds is 24. The van der Waals surface area contributed by atoms with Crippen LogP contribution in [0.5, 0.6) is 5.75 Å². The van der Waals surface area contributed by atoms with Crippen LogP contribution in [0, 0.1) is 0 Å². The molecule has 0 aliphatic rings. The van der Waals surface area contributed by atoms with E-state index in [-0.39, 0.29) is 45.2 Å². The Bertz CT molecular complexity index is 1320. The number of carbonyl (C=O) groups excluding carboxylic acids is 4. The molecular weight excluding hydrogens is 676 g/mol. The summed E-state index contributed by atoms with van der Waals surface area (Å²) in [5.41, 5.74) is 0.423. The molecular formula is C38H56N2O12. The van der Waals surface area contributed by atoms with E-state index >= 15 is 0 Å². The summed E-state index contributed by atoms with van der Waals surface area (Å²) in [5, 5.41) is 5.38. The zero-order chi connectivity index (χ0) is 38.2. The summed E-state index contributed by atoms with van der Waals surface area (Å²) in [6.45, 7) is 13.5. The van der Waals surface area contributed by atoms with Gasteiger partial charge in [-0.05, 0) is 64.8 Å². The molecule has 14 heteroatoms. The summed E-state index contributed by atoms with van der Waals surface area (Å²) in [4.78, 5) is 49.4. The molecule has 0 aromatic heterocycles. The highest BCUT2D eigenvalue weighted by molar-refractivity contribution is 5.84. The molecule has 2 amide bonds. The quantitative estimate of drug-likeness (QED) is 0.0901. The second-order valence-corrected chi connectivity index (χ2v) is 13.6. The highest BCUT2D eigenvalue weighted by Crippen LogP contribution is 2.16. The number of carbonyl (C=O) groups is 4. The van der Waals surface area contributed by atoms with Crippen LogP contribution in [-0.2, 0) is 60.6 Å². The summed E-state index contributed by atoms with van der Waals surface area (Å²) >= 11 is 0. The summed E-state index contributed by atoms with van der Waals surface area (Å²) in [6, 6.07) is 15.2. The van der Waals surface area contributed by atoms with Gasteiger partial charge in [0.25, 0.3) is 0 Å². The topological polar surface area (TPSA) is 166 Å². The fourth-order valence-corrected chi connectivity index (χ4v) is 4.23. The second-order valence-electron chi connectivity index (χ2n) is 13.6. The Morgan fingerprint density at radius 3 is 1.79 bits per heavy atom. The number of benzene rings is 2. The number of hydrogen-bond donors (Lipinski definition) is 2. The molecule has 0 spiro atoms. The Morgan fingerprint density at radius 1 is 0.654 bits per heavy atom. The van der Waals surface area contributed by atoms with Crippen molar-refractivity contribution >= 4 is 23.9 Å². The lowest BCUT2D eigenvalue weighted by atomic mass is 10.1. The minimum absolute atomic E-state index is 0.0380. The minimum Gasteiger partial charge on any atom is -0.482 e. The monoisotopic (exact) mass is 732 g/mol. The Morgan fingerprint density at radius 2 is 1.21 bits per heavy atom. The molecule has 0 heterocycles. The third kappa shape index (κ3) is 22.6. The first-order valence-corrected chi connectivity index (χ1v) is 17.4. The van der Waals surface area contributed by atoms with Crippen LogP contribution in [0.3, 0.4) is 0 Å². The normalized spacial score (nSPS) is 12.0. The van der Waals surface area contributed by atoms with Crippen molar-refractivity contribution in [2.75, 3.05) is 66.0 Å². The lowest BCUT2D eigenvalue weighted by molar-refractivity contribution is -0.157. The third-order valence-electron chi connectivity index (χ3n) is 6.49. The van der Waals surface area contributed by atoms with Gasteiger partial charge >= 0.3 is 18.0 Å². The van der Waals surface area contributed by atoms with Crippen LogP contribution in [-0.4, -0.2) is 107 Å². The van der Waals surface area contributed by atoms with Gasteiger partial charge in [-0.3, -0.25) is 4.79 Å². The molecule has 1 atom stereocenters. The number of esters is 2. The van der Waals surface area contributed by atoms with Crippen molar-refractivity contribution in [2.45, 2.75) is 78.2 Å². The molecule has 1 unspecified atom stereocenters. The molecule has 0 fully saturated rings. The van der Waals surface area contributed by atoms with Crippen LogP contribution in [0.25, 0.3) is 0 Å². The van der Waals surface area contributed by atoms with Crippen molar-refractivity contribution in [3.63, 3.8) is 0 Å². The van der Waals surface area contributed by atoms with E-state index in [9.17, 15) is 19.2 Å². The standard InChI is InChI=1S/C38H56N2O12/c1-37(2,3)51-34(42)28-49-31-14-12-29(13-15-31)26-32(35(43)50-27-30-10-8-7-9-11-30)40-33(41)16-18-45-20-22-47-24-25-48-23-21-46-19-17-39-36(44)52-38(4,5)6/h7-15,32H,16-28H2,1-6H3,(H,39,44)(H,40,41). The van der Waals surface area contributed by atoms with Crippen molar-refractivity contribution in [1.29, 1.82) is 0 Å². The van der Waals surface area contributed by atoms with Gasteiger partial charge in [0.1, 0.15) is 29.6 Å². The number of alkyl carbamates (subject to hydrolysis) is 1. The molecule has 52 heavy (non-hydrogen) atoms. The van der Waals surface area contributed by atoms with Gasteiger partial charge in [0.15, 0.2) is 6.61 Å². The molecule has 2 aromatic rings. The van der Waals surface area contributed by atoms with Crippen molar-refractivity contribution in [2.24, 2.45) is 0 Å². The van der Waals surface area contributed by atoms with E-state index in [1.165, 1.54) is 0 Å². The molecule has 0 saturated heterocycles. The van der Waals surface area contributed by atoms with Crippen LogP contribution in [0.2, 0.25) is 0 Å². The van der Waals surface area contributed by atoms with Crippen LogP contribution in [0.1, 0.15) is 59.1 Å². The van der Waals surface area contributed by atoms with E-state index < -0.39 is 35.3 Å². The van der Waals surface area contributed by atoms with E-state index in [1.807, 2.05) is 30.3 Å². The molecule has 0 radical (unpaired) electrons. The van der Waals surface area contributed by atoms with E-state index in [0.29, 0.717) is 51.9 Å². The van der Waals surface area contributed by atoms with Gasteiger partial charge in [-0.1, -0.05) is 42.5 Å². The third-order valence-corrected chi connectivity index (χ3v) is 6.49. The zero-order valence-corrected chi connectivity index (χ0v) is 31.4. The molecule has 0 saturated carbocycles. The van der Waals surface area contributed by atoms with Gasteiger partial charge < -0.3 is 48.5 Å². The molecule has 0 bridgehead atoms. The van der Waals surface area contributed by atoms with E-state index in [0.717, 1.165) is 11.1 Å². The Hall–Kier alpha value is -4.24. The minimum atomic E-state index is -0.938. The Balaban J connectivity index is 1.65. The van der Waals surface area contributed by atoms with Gasteiger partial charge in [0.05, 0.1) is 52.9 Å². The Kier molecular flexibility index (Phi) is 20.3. The molecule has 290 valence electrons. The molecule has 0 aliphatic heterocycles. The maximum absolute atomic E-state index is 13.1. The first kappa shape index (κ1) is 43.9. The SMILES string of the molecule is CC(C)(C)OC(=O)COc1ccc(CC(NC(=O)CCOCCOCCOCCOCCNC(=O)OC(C)(C)C)C(=O)OCc2ccccc2)cc1. The maximum atomic E-state index is 13.1. The summed E-state index contributed by atoms with van der Waals surface area (Å²) < 4.78 is 43.3. The number of ether oxygens (including phenoxy) is 8. The van der Waals surface area contributed by atoms with Crippen LogP contribution < -0.4 is 15.4 Å². The highest BCUT2D eigenvalue weighted by Gasteiger charge is 2.23. The number of nitrogens with one attached hydrogen (secondary N) is 2. The molecule has 0 aliphatic carbocycles. The van der Waals surface area contributed by atoms with Crippen LogP contribution >= 0.6 is 0 Å². The lowest BCUT2D eigenvalue weighted by Gasteiger charge is -2.19. The highest BCUT2D eigenvalue weighted by atomic mass is 16.6. The van der Waals surface area contributed by atoms with Crippen molar-refractivity contribution in [3.8, 4) is 5.75 Å². The second kappa shape index (κ2) is 24.1. The van der Waals surface area contributed by atoms with Crippen molar-refractivity contribution in [1.82, 2.24) is 10.6 Å². The summed E-state index contributed by atoms with van der Waals surface area (Å²) in [5.74, 6) is -0.954. The molecule has 14 nitrogen and oxygen atoms in total. The first-order valence-electron chi connectivity index (χ1n) is 17.4. The average Bonchev–Trinajstić information content (AvgIpc) is 3.07. The Labute approximate surface area is 307 Å². The number of amides is 2. The van der Waals surface area contributed by atoms with Gasteiger partial charge in [-0.2, -0.15) is 0 Å². The van der Waals surface area contributed by atoms with Crippen molar-refractivity contribution < 1.29 is 57.1 Å². The van der Waals surface area contributed by atoms with Gasteiger partial charge in [0.2, 0.25) is 5.91 Å². The van der Waals surface area contributed by atoms with Crippen LogP contribution in [0.4, 0.5) is 4.79 Å². The fraction of sp³-hybridized carbons (Fsp3) is 0.579. The summed E-state index contributed by atoms with van der Waals surface area (Å²) in [7, 11) is 0. The van der Waals surface area contributed by atoms with E-state index in [4.69, 9.17) is 37.9 Å². The average molecular weight is 733 g/mol. The predicted octanol–water partition coefficient (Wildman–Crippen LogP) is 4.16. The number of hydrogen-bond acceptors (Lipinski definition) is 12. The largest absolute Gasteiger partial charge is 0.482 e. The first-order chi connectivity index (χ1) is 24.7.